The van der Waals surface area contributed by atoms with Gasteiger partial charge < -0.3 is 5.32 Å². The van der Waals surface area contributed by atoms with Gasteiger partial charge in [-0.2, -0.15) is 11.8 Å². The van der Waals surface area contributed by atoms with E-state index in [2.05, 4.69) is 11.9 Å². The summed E-state index contributed by atoms with van der Waals surface area (Å²) in [5.41, 5.74) is 1.86. The van der Waals surface area contributed by atoms with Crippen LogP contribution in [0.2, 0.25) is 0 Å². The van der Waals surface area contributed by atoms with E-state index in [1.54, 1.807) is 0 Å². The van der Waals surface area contributed by atoms with Crippen LogP contribution in [-0.2, 0) is 0 Å². The summed E-state index contributed by atoms with van der Waals surface area (Å²) in [4.78, 5) is 11.4. The molecule has 0 radical (unpaired) electrons. The standard InChI is InChI=1S/C14H19NOS/c1-3-10-17-11-9-15-13-7-5-12(6-8-13)14(16)4-2/h3,5-8,15H,1,4,9-11H2,2H3. The number of thioether (sulfide) groups is 1. The lowest BCUT2D eigenvalue weighted by Crippen LogP contribution is -2.04. The molecule has 0 unspecified atom stereocenters. The van der Waals surface area contributed by atoms with Gasteiger partial charge in [-0.15, -0.1) is 6.58 Å². The fourth-order valence-electron chi connectivity index (χ4n) is 1.41. The Labute approximate surface area is 107 Å². The molecule has 0 atom stereocenters. The Morgan fingerprint density at radius 1 is 1.41 bits per heavy atom. The maximum Gasteiger partial charge on any atom is 0.162 e. The zero-order chi connectivity index (χ0) is 12.5. The highest BCUT2D eigenvalue weighted by Crippen LogP contribution is 2.11. The summed E-state index contributed by atoms with van der Waals surface area (Å²) < 4.78 is 0. The fraction of sp³-hybridized carbons (Fsp3) is 0.357. The van der Waals surface area contributed by atoms with Gasteiger partial charge in [-0.1, -0.05) is 13.0 Å². The molecule has 92 valence electrons. The highest BCUT2D eigenvalue weighted by atomic mass is 32.2. The number of carbonyl (C=O) groups is 1. The van der Waals surface area contributed by atoms with Crippen molar-refractivity contribution in [2.24, 2.45) is 0 Å². The van der Waals surface area contributed by atoms with Gasteiger partial charge in [0.25, 0.3) is 0 Å². The third-order valence-electron chi connectivity index (χ3n) is 2.34. The van der Waals surface area contributed by atoms with Crippen LogP contribution in [0.5, 0.6) is 0 Å². The third-order valence-corrected chi connectivity index (χ3v) is 3.30. The second-order valence-electron chi connectivity index (χ2n) is 3.64. The maximum atomic E-state index is 11.4. The Balaban J connectivity index is 2.35. The summed E-state index contributed by atoms with van der Waals surface area (Å²) in [6, 6.07) is 7.68. The van der Waals surface area contributed by atoms with Crippen LogP contribution in [0.1, 0.15) is 23.7 Å². The van der Waals surface area contributed by atoms with Gasteiger partial charge in [0, 0.05) is 35.7 Å². The van der Waals surface area contributed by atoms with Crippen LogP contribution in [0.25, 0.3) is 0 Å². The molecule has 0 heterocycles. The Bertz CT molecular complexity index is 359. The smallest absolute Gasteiger partial charge is 0.162 e. The first-order valence-corrected chi connectivity index (χ1v) is 6.99. The molecule has 0 fully saturated rings. The molecule has 1 aromatic carbocycles. The molecule has 17 heavy (non-hydrogen) atoms. The molecular weight excluding hydrogens is 230 g/mol. The molecule has 2 nitrogen and oxygen atoms in total. The van der Waals surface area contributed by atoms with Crippen LogP contribution >= 0.6 is 11.8 Å². The van der Waals surface area contributed by atoms with Gasteiger partial charge in [0.05, 0.1) is 0 Å². The van der Waals surface area contributed by atoms with Crippen molar-refractivity contribution >= 4 is 23.2 Å². The number of hydrogen-bond donors (Lipinski definition) is 1. The first kappa shape index (κ1) is 13.8. The minimum absolute atomic E-state index is 0.193. The van der Waals surface area contributed by atoms with Crippen molar-refractivity contribution in [3.05, 3.63) is 42.5 Å². The molecule has 1 aromatic rings. The Hall–Kier alpha value is -1.22. The predicted octanol–water partition coefficient (Wildman–Crippen LogP) is 3.61. The molecule has 1 N–H and O–H groups in total. The largest absolute Gasteiger partial charge is 0.384 e. The second-order valence-corrected chi connectivity index (χ2v) is 4.79. The number of anilines is 1. The van der Waals surface area contributed by atoms with Crippen molar-refractivity contribution in [3.63, 3.8) is 0 Å². The summed E-state index contributed by atoms with van der Waals surface area (Å²) in [6.07, 6.45) is 2.47. The van der Waals surface area contributed by atoms with Gasteiger partial charge in [0.1, 0.15) is 0 Å². The quantitative estimate of drug-likeness (QED) is 0.433. The van der Waals surface area contributed by atoms with Crippen LogP contribution in [-0.4, -0.2) is 23.8 Å². The normalized spacial score (nSPS) is 9.94. The number of Topliss-reactive ketones (excluding diaryl/α,β-unsaturated/α-hetero) is 1. The second kappa shape index (κ2) is 7.96. The van der Waals surface area contributed by atoms with Gasteiger partial charge in [-0.3, -0.25) is 4.79 Å². The molecule has 0 saturated heterocycles. The minimum Gasteiger partial charge on any atom is -0.384 e. The van der Waals surface area contributed by atoms with Crippen LogP contribution < -0.4 is 5.32 Å². The Kier molecular flexibility index (Phi) is 6.48. The van der Waals surface area contributed by atoms with E-state index in [4.69, 9.17) is 0 Å². The monoisotopic (exact) mass is 249 g/mol. The molecule has 0 saturated carbocycles. The number of benzene rings is 1. The third kappa shape index (κ3) is 5.09. The van der Waals surface area contributed by atoms with E-state index in [9.17, 15) is 4.79 Å². The van der Waals surface area contributed by atoms with E-state index in [0.717, 1.165) is 29.3 Å². The molecular formula is C14H19NOS. The summed E-state index contributed by atoms with van der Waals surface area (Å²) in [7, 11) is 0. The topological polar surface area (TPSA) is 29.1 Å². The number of hydrogen-bond acceptors (Lipinski definition) is 3. The van der Waals surface area contributed by atoms with Crippen molar-refractivity contribution in [1.82, 2.24) is 0 Å². The van der Waals surface area contributed by atoms with Crippen LogP contribution in [0.15, 0.2) is 36.9 Å². The first-order chi connectivity index (χ1) is 8.27. The lowest BCUT2D eigenvalue weighted by Gasteiger charge is -2.06. The van der Waals surface area contributed by atoms with E-state index in [1.165, 1.54) is 0 Å². The average molecular weight is 249 g/mol. The lowest BCUT2D eigenvalue weighted by molar-refractivity contribution is 0.0988. The maximum absolute atomic E-state index is 11.4. The highest BCUT2D eigenvalue weighted by Gasteiger charge is 2.01. The minimum atomic E-state index is 0.193. The van der Waals surface area contributed by atoms with Gasteiger partial charge in [0.15, 0.2) is 5.78 Å². The molecule has 0 aliphatic rings. The van der Waals surface area contributed by atoms with Gasteiger partial charge >= 0.3 is 0 Å². The number of carbonyl (C=O) groups excluding carboxylic acids is 1. The molecule has 0 amide bonds. The van der Waals surface area contributed by atoms with Crippen molar-refractivity contribution in [2.45, 2.75) is 13.3 Å². The summed E-state index contributed by atoms with van der Waals surface area (Å²) in [5.74, 6) is 2.24. The van der Waals surface area contributed by atoms with Crippen molar-refractivity contribution in [1.29, 1.82) is 0 Å². The van der Waals surface area contributed by atoms with E-state index in [0.29, 0.717) is 6.42 Å². The number of ketones is 1. The van der Waals surface area contributed by atoms with Gasteiger partial charge in [0.2, 0.25) is 0 Å². The van der Waals surface area contributed by atoms with E-state index in [1.807, 2.05) is 49.0 Å². The number of nitrogens with one attached hydrogen (secondary N) is 1. The van der Waals surface area contributed by atoms with Crippen LogP contribution in [0, 0.1) is 0 Å². The molecule has 0 bridgehead atoms. The van der Waals surface area contributed by atoms with E-state index in [-0.39, 0.29) is 5.78 Å². The van der Waals surface area contributed by atoms with Crippen molar-refractivity contribution in [2.75, 3.05) is 23.4 Å². The average Bonchev–Trinajstić information content (AvgIpc) is 2.38. The fourth-order valence-corrected chi connectivity index (χ4v) is 1.99. The Morgan fingerprint density at radius 3 is 2.71 bits per heavy atom. The molecule has 0 spiro atoms. The molecule has 0 aliphatic carbocycles. The van der Waals surface area contributed by atoms with E-state index >= 15 is 0 Å². The first-order valence-electron chi connectivity index (χ1n) is 5.83. The molecule has 3 heteroatoms. The lowest BCUT2D eigenvalue weighted by atomic mass is 10.1. The zero-order valence-corrected chi connectivity index (χ0v) is 11.1. The van der Waals surface area contributed by atoms with Crippen molar-refractivity contribution in [3.8, 4) is 0 Å². The number of rotatable bonds is 8. The molecule has 1 rings (SSSR count). The SMILES string of the molecule is C=CCSCCNc1ccc(C(=O)CC)cc1. The summed E-state index contributed by atoms with van der Waals surface area (Å²) in [6.45, 7) is 6.49. The van der Waals surface area contributed by atoms with Gasteiger partial charge in [-0.25, -0.2) is 0 Å². The summed E-state index contributed by atoms with van der Waals surface area (Å²) in [5, 5.41) is 3.32. The van der Waals surface area contributed by atoms with Crippen molar-refractivity contribution < 1.29 is 4.79 Å². The molecule has 0 aliphatic heterocycles. The zero-order valence-electron chi connectivity index (χ0n) is 10.2. The molecule has 0 aromatic heterocycles. The van der Waals surface area contributed by atoms with E-state index < -0.39 is 0 Å². The Morgan fingerprint density at radius 2 is 2.12 bits per heavy atom. The van der Waals surface area contributed by atoms with Gasteiger partial charge in [-0.05, 0) is 24.3 Å². The summed E-state index contributed by atoms with van der Waals surface area (Å²) >= 11 is 1.85. The predicted molar refractivity (Wildman–Crippen MR) is 77.1 cm³/mol. The van der Waals surface area contributed by atoms with Crippen LogP contribution in [0.4, 0.5) is 5.69 Å². The highest BCUT2D eigenvalue weighted by molar-refractivity contribution is 7.99. The van der Waals surface area contributed by atoms with Crippen LogP contribution in [0.3, 0.4) is 0 Å².